The SMILES string of the molecule is O=S(=O)(c1ccc(N2CCCC(COc3ccccc3Cl)C2)nc1)N1CCCC1. The molecule has 6 nitrogen and oxygen atoms in total. The number of nitrogens with zero attached hydrogens (tertiary/aromatic N) is 3. The van der Waals surface area contributed by atoms with Crippen LogP contribution in [0.2, 0.25) is 5.02 Å². The third-order valence-electron chi connectivity index (χ3n) is 5.58. The van der Waals surface area contributed by atoms with Gasteiger partial charge in [0.2, 0.25) is 10.0 Å². The fraction of sp³-hybridized carbons (Fsp3) is 0.476. The molecule has 0 N–H and O–H groups in total. The van der Waals surface area contributed by atoms with Crippen LogP contribution in [0, 0.1) is 5.92 Å². The molecule has 3 heterocycles. The number of pyridine rings is 1. The third kappa shape index (κ3) is 4.68. The van der Waals surface area contributed by atoms with Crippen molar-refractivity contribution in [2.45, 2.75) is 30.6 Å². The van der Waals surface area contributed by atoms with Gasteiger partial charge in [0.05, 0.1) is 11.6 Å². The number of ether oxygens (including phenoxy) is 1. The Morgan fingerprint density at radius 2 is 1.86 bits per heavy atom. The predicted molar refractivity (Wildman–Crippen MR) is 114 cm³/mol. The molecule has 0 amide bonds. The van der Waals surface area contributed by atoms with Gasteiger partial charge in [0.15, 0.2) is 0 Å². The summed E-state index contributed by atoms with van der Waals surface area (Å²) < 4.78 is 32.8. The largest absolute Gasteiger partial charge is 0.492 e. The number of hydrogen-bond acceptors (Lipinski definition) is 5. The molecule has 2 aromatic rings. The van der Waals surface area contributed by atoms with E-state index >= 15 is 0 Å². The lowest BCUT2D eigenvalue weighted by Crippen LogP contribution is -2.38. The van der Waals surface area contributed by atoms with E-state index in [1.165, 1.54) is 6.20 Å². The highest BCUT2D eigenvalue weighted by molar-refractivity contribution is 7.89. The van der Waals surface area contributed by atoms with Crippen molar-refractivity contribution in [3.63, 3.8) is 0 Å². The number of piperidine rings is 1. The zero-order valence-electron chi connectivity index (χ0n) is 16.3. The molecule has 1 aromatic heterocycles. The second-order valence-electron chi connectivity index (χ2n) is 7.66. The van der Waals surface area contributed by atoms with Crippen LogP contribution in [0.15, 0.2) is 47.5 Å². The first kappa shape index (κ1) is 20.4. The Hall–Kier alpha value is -1.83. The molecule has 8 heteroatoms. The number of para-hydroxylation sites is 1. The maximum Gasteiger partial charge on any atom is 0.244 e. The van der Waals surface area contributed by atoms with E-state index in [-0.39, 0.29) is 4.90 Å². The first-order valence-corrected chi connectivity index (χ1v) is 11.9. The monoisotopic (exact) mass is 435 g/mol. The molecule has 1 unspecified atom stereocenters. The van der Waals surface area contributed by atoms with Crippen molar-refractivity contribution in [2.75, 3.05) is 37.7 Å². The quantitative estimate of drug-likeness (QED) is 0.690. The second kappa shape index (κ2) is 8.90. The van der Waals surface area contributed by atoms with Crippen molar-refractivity contribution >= 4 is 27.4 Å². The number of hydrogen-bond donors (Lipinski definition) is 0. The molecule has 1 aromatic carbocycles. The van der Waals surface area contributed by atoms with Crippen LogP contribution < -0.4 is 9.64 Å². The zero-order chi connectivity index (χ0) is 20.3. The van der Waals surface area contributed by atoms with Gasteiger partial charge in [0.25, 0.3) is 0 Å². The van der Waals surface area contributed by atoms with Gasteiger partial charge in [-0.3, -0.25) is 0 Å². The summed E-state index contributed by atoms with van der Waals surface area (Å²) in [6, 6.07) is 11.0. The van der Waals surface area contributed by atoms with Crippen LogP contribution in [-0.4, -0.2) is 50.5 Å². The summed E-state index contributed by atoms with van der Waals surface area (Å²) in [7, 11) is -3.42. The Bertz CT molecular complexity index is 930. The van der Waals surface area contributed by atoms with E-state index in [9.17, 15) is 8.42 Å². The average Bonchev–Trinajstić information content (AvgIpc) is 3.29. The van der Waals surface area contributed by atoms with Crippen LogP contribution in [0.1, 0.15) is 25.7 Å². The standard InChI is InChI=1S/C21H26ClN3O3S/c22-19-7-1-2-8-20(19)28-16-17-6-5-11-24(15-17)21-10-9-18(14-23-21)29(26,27)25-12-3-4-13-25/h1-2,7-10,14,17H,3-6,11-13,15-16H2. The molecule has 29 heavy (non-hydrogen) atoms. The molecule has 2 aliphatic rings. The summed E-state index contributed by atoms with van der Waals surface area (Å²) in [4.78, 5) is 6.95. The van der Waals surface area contributed by atoms with Gasteiger partial charge in [-0.05, 0) is 49.9 Å². The molecular weight excluding hydrogens is 410 g/mol. The highest BCUT2D eigenvalue weighted by atomic mass is 35.5. The van der Waals surface area contributed by atoms with Gasteiger partial charge in [-0.25, -0.2) is 13.4 Å². The van der Waals surface area contributed by atoms with Crippen LogP contribution >= 0.6 is 11.6 Å². The normalized spacial score (nSPS) is 20.7. The number of halogens is 1. The molecule has 0 radical (unpaired) electrons. The molecule has 2 saturated heterocycles. The molecule has 0 bridgehead atoms. The van der Waals surface area contributed by atoms with Gasteiger partial charge in [-0.2, -0.15) is 4.31 Å². The third-order valence-corrected chi connectivity index (χ3v) is 7.77. The zero-order valence-corrected chi connectivity index (χ0v) is 17.9. The lowest BCUT2D eigenvalue weighted by molar-refractivity contribution is 0.228. The van der Waals surface area contributed by atoms with Gasteiger partial charge in [-0.1, -0.05) is 23.7 Å². The highest BCUT2D eigenvalue weighted by Gasteiger charge is 2.28. The van der Waals surface area contributed by atoms with Gasteiger partial charge < -0.3 is 9.64 Å². The molecule has 4 rings (SSSR count). The van der Waals surface area contributed by atoms with Gasteiger partial charge in [0, 0.05) is 38.3 Å². The van der Waals surface area contributed by atoms with Crippen molar-refractivity contribution in [1.82, 2.24) is 9.29 Å². The minimum Gasteiger partial charge on any atom is -0.492 e. The lowest BCUT2D eigenvalue weighted by Gasteiger charge is -2.33. The van der Waals surface area contributed by atoms with Crippen molar-refractivity contribution in [1.29, 1.82) is 0 Å². The van der Waals surface area contributed by atoms with Crippen molar-refractivity contribution < 1.29 is 13.2 Å². The number of aromatic nitrogens is 1. The molecule has 156 valence electrons. The second-order valence-corrected chi connectivity index (χ2v) is 10.0. The number of anilines is 1. The molecule has 2 aliphatic heterocycles. The average molecular weight is 436 g/mol. The Labute approximate surface area is 177 Å². The smallest absolute Gasteiger partial charge is 0.244 e. The van der Waals surface area contributed by atoms with E-state index in [1.807, 2.05) is 30.3 Å². The topological polar surface area (TPSA) is 62.7 Å². The molecule has 1 atom stereocenters. The Morgan fingerprint density at radius 1 is 1.07 bits per heavy atom. The summed E-state index contributed by atoms with van der Waals surface area (Å²) in [5, 5.41) is 0.622. The summed E-state index contributed by atoms with van der Waals surface area (Å²) in [5.41, 5.74) is 0. The summed E-state index contributed by atoms with van der Waals surface area (Å²) in [6.45, 7) is 3.54. The minimum atomic E-state index is -3.42. The molecule has 0 aliphatic carbocycles. The van der Waals surface area contributed by atoms with E-state index in [0.29, 0.717) is 36.4 Å². The summed E-state index contributed by atoms with van der Waals surface area (Å²) in [5.74, 6) is 1.89. The molecular formula is C21H26ClN3O3S. The molecule has 0 spiro atoms. The predicted octanol–water partition coefficient (Wildman–Crippen LogP) is 3.81. The maximum absolute atomic E-state index is 12.7. The van der Waals surface area contributed by atoms with E-state index < -0.39 is 10.0 Å². The van der Waals surface area contributed by atoms with Crippen LogP contribution in [0.4, 0.5) is 5.82 Å². The van der Waals surface area contributed by atoms with Gasteiger partial charge in [0.1, 0.15) is 16.5 Å². The number of sulfonamides is 1. The number of rotatable bonds is 6. The lowest BCUT2D eigenvalue weighted by atomic mass is 9.99. The van der Waals surface area contributed by atoms with Crippen LogP contribution in [0.3, 0.4) is 0 Å². The van der Waals surface area contributed by atoms with Crippen molar-refractivity contribution in [2.24, 2.45) is 5.92 Å². The first-order chi connectivity index (χ1) is 14.0. The van der Waals surface area contributed by atoms with Crippen LogP contribution in [0.25, 0.3) is 0 Å². The molecule has 2 fully saturated rings. The van der Waals surface area contributed by atoms with E-state index in [4.69, 9.17) is 16.3 Å². The van der Waals surface area contributed by atoms with Gasteiger partial charge in [-0.15, -0.1) is 0 Å². The van der Waals surface area contributed by atoms with Crippen molar-refractivity contribution in [3.05, 3.63) is 47.6 Å². The Balaban J connectivity index is 1.38. The maximum atomic E-state index is 12.7. The highest BCUT2D eigenvalue weighted by Crippen LogP contribution is 2.27. The fourth-order valence-electron chi connectivity index (χ4n) is 3.97. The fourth-order valence-corrected chi connectivity index (χ4v) is 5.62. The van der Waals surface area contributed by atoms with Crippen LogP contribution in [0.5, 0.6) is 5.75 Å². The summed E-state index contributed by atoms with van der Waals surface area (Å²) in [6.07, 6.45) is 5.48. The van der Waals surface area contributed by atoms with Gasteiger partial charge >= 0.3 is 0 Å². The Kier molecular flexibility index (Phi) is 6.27. The van der Waals surface area contributed by atoms with E-state index in [2.05, 4.69) is 9.88 Å². The van der Waals surface area contributed by atoms with E-state index in [0.717, 1.165) is 44.6 Å². The summed E-state index contributed by atoms with van der Waals surface area (Å²) >= 11 is 6.17. The van der Waals surface area contributed by atoms with Crippen molar-refractivity contribution in [3.8, 4) is 5.75 Å². The minimum absolute atomic E-state index is 0.277. The van der Waals surface area contributed by atoms with Crippen LogP contribution in [-0.2, 0) is 10.0 Å². The van der Waals surface area contributed by atoms with E-state index in [1.54, 1.807) is 10.4 Å². The Morgan fingerprint density at radius 3 is 2.59 bits per heavy atom. The number of benzene rings is 1. The molecule has 0 saturated carbocycles. The first-order valence-electron chi connectivity index (χ1n) is 10.1.